The van der Waals surface area contributed by atoms with E-state index >= 15 is 0 Å². The smallest absolute Gasteiger partial charge is 0.249 e. The van der Waals surface area contributed by atoms with Crippen LogP contribution in [-0.2, 0) is 16.1 Å². The first-order chi connectivity index (χ1) is 12.7. The zero-order chi connectivity index (χ0) is 17.9. The van der Waals surface area contributed by atoms with Crippen molar-refractivity contribution in [1.29, 1.82) is 0 Å². The molecule has 142 valence electrons. The molecule has 0 bridgehead atoms. The Morgan fingerprint density at radius 1 is 1.27 bits per heavy atom. The Hall–Kier alpha value is -1.66. The summed E-state index contributed by atoms with van der Waals surface area (Å²) in [7, 11) is 0. The van der Waals surface area contributed by atoms with Crippen molar-refractivity contribution in [3.8, 4) is 0 Å². The van der Waals surface area contributed by atoms with Crippen LogP contribution in [0.2, 0.25) is 0 Å². The maximum Gasteiger partial charge on any atom is 0.249 e. The number of carbonyl (C=O) groups excluding carboxylic acids is 1. The Morgan fingerprint density at radius 3 is 2.88 bits per heavy atom. The van der Waals surface area contributed by atoms with Crippen molar-refractivity contribution in [3.05, 3.63) is 28.6 Å². The number of morpholine rings is 1. The van der Waals surface area contributed by atoms with Gasteiger partial charge in [0.05, 0.1) is 19.4 Å². The third kappa shape index (κ3) is 3.71. The van der Waals surface area contributed by atoms with Crippen LogP contribution in [0.1, 0.15) is 56.2 Å². The summed E-state index contributed by atoms with van der Waals surface area (Å²) >= 11 is 0. The molecule has 0 spiro atoms. The van der Waals surface area contributed by atoms with Gasteiger partial charge in [0.1, 0.15) is 0 Å². The second kappa shape index (κ2) is 7.92. The summed E-state index contributed by atoms with van der Waals surface area (Å²) in [5.74, 6) is 0.646. The van der Waals surface area contributed by atoms with Crippen molar-refractivity contribution in [1.82, 2.24) is 20.0 Å². The highest BCUT2D eigenvalue weighted by molar-refractivity contribution is 5.94. The lowest BCUT2D eigenvalue weighted by molar-refractivity contribution is -0.128. The van der Waals surface area contributed by atoms with Crippen LogP contribution in [0.4, 0.5) is 0 Å². The van der Waals surface area contributed by atoms with Crippen molar-refractivity contribution in [2.24, 2.45) is 0 Å². The van der Waals surface area contributed by atoms with Crippen LogP contribution in [0.5, 0.6) is 0 Å². The predicted molar refractivity (Wildman–Crippen MR) is 99.8 cm³/mol. The minimum atomic E-state index is 0.277. The summed E-state index contributed by atoms with van der Waals surface area (Å²) in [5.41, 5.74) is 4.88. The number of rotatable bonds is 4. The molecule has 1 atom stereocenters. The van der Waals surface area contributed by atoms with Crippen molar-refractivity contribution in [2.45, 2.75) is 51.5 Å². The first kappa shape index (κ1) is 17.7. The maximum absolute atomic E-state index is 12.9. The molecule has 0 aromatic carbocycles. The van der Waals surface area contributed by atoms with E-state index in [1.807, 2.05) is 6.20 Å². The Bertz CT molecular complexity index is 675. The molecule has 26 heavy (non-hydrogen) atoms. The zero-order valence-electron chi connectivity index (χ0n) is 15.8. The van der Waals surface area contributed by atoms with E-state index in [0.29, 0.717) is 5.92 Å². The van der Waals surface area contributed by atoms with E-state index < -0.39 is 0 Å². The van der Waals surface area contributed by atoms with E-state index in [-0.39, 0.29) is 5.91 Å². The van der Waals surface area contributed by atoms with Crippen molar-refractivity contribution < 1.29 is 9.53 Å². The fraction of sp³-hybridized carbons (Fsp3) is 0.700. The Kier molecular flexibility index (Phi) is 5.41. The number of carbonyl (C=O) groups is 1. The van der Waals surface area contributed by atoms with Crippen molar-refractivity contribution in [2.75, 3.05) is 39.4 Å². The van der Waals surface area contributed by atoms with Gasteiger partial charge in [-0.15, -0.1) is 0 Å². The molecule has 1 aromatic heterocycles. The standard InChI is InChI=1S/C20H30N4O2/c1-15-4-2-6-18(15)20(25)24-7-3-5-16(14-24)19-17(12-21-22-19)13-23-8-10-26-11-9-23/h12,16H,2-11,13-14H2,1H3,(H,21,22). The van der Waals surface area contributed by atoms with Gasteiger partial charge in [-0.25, -0.2) is 0 Å². The number of piperidine rings is 1. The van der Waals surface area contributed by atoms with Crippen molar-refractivity contribution >= 4 is 5.91 Å². The number of allylic oxidation sites excluding steroid dienone is 1. The molecule has 6 heteroatoms. The first-order valence-corrected chi connectivity index (χ1v) is 10.0. The van der Waals surface area contributed by atoms with Gasteiger partial charge < -0.3 is 9.64 Å². The molecule has 6 nitrogen and oxygen atoms in total. The molecule has 4 rings (SSSR count). The number of nitrogens with one attached hydrogen (secondary N) is 1. The summed E-state index contributed by atoms with van der Waals surface area (Å²) in [6.07, 6.45) is 7.34. The van der Waals surface area contributed by atoms with Gasteiger partial charge >= 0.3 is 0 Å². The highest BCUT2D eigenvalue weighted by atomic mass is 16.5. The molecular weight excluding hydrogens is 328 g/mol. The largest absolute Gasteiger partial charge is 0.379 e. The zero-order valence-corrected chi connectivity index (χ0v) is 15.8. The highest BCUT2D eigenvalue weighted by Crippen LogP contribution is 2.32. The second-order valence-electron chi connectivity index (χ2n) is 7.90. The normalized spacial score (nSPS) is 25.1. The van der Waals surface area contributed by atoms with Gasteiger partial charge in [0.15, 0.2) is 0 Å². The van der Waals surface area contributed by atoms with E-state index in [9.17, 15) is 4.79 Å². The molecule has 3 aliphatic rings. The molecule has 3 heterocycles. The summed E-state index contributed by atoms with van der Waals surface area (Å²) in [5, 5.41) is 7.57. The summed E-state index contributed by atoms with van der Waals surface area (Å²) in [6.45, 7) is 8.33. The number of nitrogens with zero attached hydrogens (tertiary/aromatic N) is 3. The van der Waals surface area contributed by atoms with Crippen LogP contribution in [0.15, 0.2) is 17.3 Å². The summed E-state index contributed by atoms with van der Waals surface area (Å²) in [4.78, 5) is 17.5. The third-order valence-corrected chi connectivity index (χ3v) is 6.12. The molecule has 1 N–H and O–H groups in total. The van der Waals surface area contributed by atoms with Crippen LogP contribution in [0.3, 0.4) is 0 Å². The van der Waals surface area contributed by atoms with E-state index in [0.717, 1.165) is 83.6 Å². The number of likely N-dealkylation sites (tertiary alicyclic amines) is 1. The van der Waals surface area contributed by atoms with Gasteiger partial charge in [-0.2, -0.15) is 5.10 Å². The third-order valence-electron chi connectivity index (χ3n) is 6.12. The molecular formula is C20H30N4O2. The number of H-pyrrole nitrogens is 1. The van der Waals surface area contributed by atoms with Crippen LogP contribution < -0.4 is 0 Å². The number of aromatic nitrogens is 2. The first-order valence-electron chi connectivity index (χ1n) is 10.0. The number of aromatic amines is 1. The van der Waals surface area contributed by atoms with E-state index in [2.05, 4.69) is 26.9 Å². The van der Waals surface area contributed by atoms with E-state index in [4.69, 9.17) is 4.74 Å². The van der Waals surface area contributed by atoms with Crippen LogP contribution >= 0.6 is 0 Å². The SMILES string of the molecule is CC1=C(C(=O)N2CCCC(c3[nH]ncc3CN3CCOCC3)C2)CCC1. The molecule has 2 saturated heterocycles. The van der Waals surface area contributed by atoms with Gasteiger partial charge in [0.25, 0.3) is 0 Å². The summed E-state index contributed by atoms with van der Waals surface area (Å²) in [6, 6.07) is 0. The highest BCUT2D eigenvalue weighted by Gasteiger charge is 2.30. The fourth-order valence-corrected chi connectivity index (χ4v) is 4.57. The van der Waals surface area contributed by atoms with Gasteiger partial charge in [0, 0.05) is 55.5 Å². The molecule has 1 amide bonds. The van der Waals surface area contributed by atoms with Gasteiger partial charge in [-0.05, 0) is 39.0 Å². The summed E-state index contributed by atoms with van der Waals surface area (Å²) < 4.78 is 5.45. The van der Waals surface area contributed by atoms with E-state index in [1.54, 1.807) is 0 Å². The average molecular weight is 358 g/mol. The maximum atomic E-state index is 12.9. The molecule has 2 aliphatic heterocycles. The topological polar surface area (TPSA) is 61.5 Å². The number of amides is 1. The quantitative estimate of drug-likeness (QED) is 0.898. The minimum absolute atomic E-state index is 0.277. The lowest BCUT2D eigenvalue weighted by Crippen LogP contribution is -2.40. The lowest BCUT2D eigenvalue weighted by atomic mass is 9.91. The molecule has 0 radical (unpaired) electrons. The van der Waals surface area contributed by atoms with Gasteiger partial charge in [-0.1, -0.05) is 5.57 Å². The molecule has 0 saturated carbocycles. The molecule has 2 fully saturated rings. The second-order valence-corrected chi connectivity index (χ2v) is 7.90. The Balaban J connectivity index is 1.44. The average Bonchev–Trinajstić information content (AvgIpc) is 3.31. The monoisotopic (exact) mass is 358 g/mol. The van der Waals surface area contributed by atoms with E-state index in [1.165, 1.54) is 16.8 Å². The predicted octanol–water partition coefficient (Wildman–Crippen LogP) is 2.45. The van der Waals surface area contributed by atoms with Crippen LogP contribution in [0, 0.1) is 0 Å². The lowest BCUT2D eigenvalue weighted by Gasteiger charge is -2.34. The Morgan fingerprint density at radius 2 is 2.12 bits per heavy atom. The fourth-order valence-electron chi connectivity index (χ4n) is 4.57. The van der Waals surface area contributed by atoms with Crippen LogP contribution in [-0.4, -0.2) is 65.3 Å². The number of hydrogen-bond donors (Lipinski definition) is 1. The van der Waals surface area contributed by atoms with Gasteiger partial charge in [-0.3, -0.25) is 14.8 Å². The van der Waals surface area contributed by atoms with Gasteiger partial charge in [0.2, 0.25) is 5.91 Å². The Labute approximate surface area is 155 Å². The number of hydrogen-bond acceptors (Lipinski definition) is 4. The molecule has 1 aliphatic carbocycles. The molecule has 1 aromatic rings. The van der Waals surface area contributed by atoms with Crippen molar-refractivity contribution in [3.63, 3.8) is 0 Å². The molecule has 1 unspecified atom stereocenters. The minimum Gasteiger partial charge on any atom is -0.379 e. The number of ether oxygens (including phenoxy) is 1. The van der Waals surface area contributed by atoms with Crippen LogP contribution in [0.25, 0.3) is 0 Å².